The Hall–Kier alpha value is -0.950. The van der Waals surface area contributed by atoms with Crippen molar-refractivity contribution in [3.63, 3.8) is 0 Å². The smallest absolute Gasteiger partial charge is 0.341 e. The highest BCUT2D eigenvalue weighted by Crippen LogP contribution is 2.47. The molecule has 1 rings (SSSR count). The van der Waals surface area contributed by atoms with Gasteiger partial charge in [-0.25, -0.2) is 5.06 Å². The van der Waals surface area contributed by atoms with Crippen molar-refractivity contribution in [1.29, 1.82) is 0 Å². The van der Waals surface area contributed by atoms with Crippen molar-refractivity contribution in [3.05, 3.63) is 0 Å². The van der Waals surface area contributed by atoms with Gasteiger partial charge in [0.05, 0.1) is 25.9 Å². The molecule has 0 aromatic heterocycles. The number of rotatable bonds is 9. The predicted molar refractivity (Wildman–Crippen MR) is 73.0 cm³/mol. The zero-order valence-electron chi connectivity index (χ0n) is 12.3. The van der Waals surface area contributed by atoms with Gasteiger partial charge in [0.15, 0.2) is 0 Å². The molecular formula is C12H22NO7P. The van der Waals surface area contributed by atoms with E-state index in [1.165, 1.54) is 0 Å². The van der Waals surface area contributed by atoms with Gasteiger partial charge in [-0.1, -0.05) is 0 Å². The molecule has 9 heteroatoms. The quantitative estimate of drug-likeness (QED) is 0.390. The third kappa shape index (κ3) is 5.74. The van der Waals surface area contributed by atoms with Gasteiger partial charge in [-0.3, -0.25) is 19.4 Å². The van der Waals surface area contributed by atoms with Gasteiger partial charge >= 0.3 is 13.6 Å². The Bertz CT molecular complexity index is 404. The minimum Gasteiger partial charge on any atom is -0.465 e. The monoisotopic (exact) mass is 323 g/mol. The molecule has 1 fully saturated rings. The van der Waals surface area contributed by atoms with Crippen molar-refractivity contribution in [3.8, 4) is 0 Å². The number of hydrogen-bond donors (Lipinski definition) is 1. The summed E-state index contributed by atoms with van der Waals surface area (Å²) in [5, 5.41) is 10.1. The van der Waals surface area contributed by atoms with E-state index in [1.807, 2.05) is 0 Å². The van der Waals surface area contributed by atoms with Crippen molar-refractivity contribution in [2.24, 2.45) is 0 Å². The molecule has 1 amide bonds. The fourth-order valence-corrected chi connectivity index (χ4v) is 3.48. The molecule has 122 valence electrons. The lowest BCUT2D eigenvalue weighted by molar-refractivity contribution is -0.166. The van der Waals surface area contributed by atoms with Gasteiger partial charge < -0.3 is 13.8 Å². The van der Waals surface area contributed by atoms with E-state index in [0.29, 0.717) is 24.3 Å². The van der Waals surface area contributed by atoms with Crippen LogP contribution in [0.15, 0.2) is 0 Å². The van der Waals surface area contributed by atoms with Gasteiger partial charge in [0.2, 0.25) is 5.91 Å². The molecule has 8 nitrogen and oxygen atoms in total. The van der Waals surface area contributed by atoms with E-state index in [4.69, 9.17) is 13.8 Å². The Balaban J connectivity index is 2.33. The lowest BCUT2D eigenvalue weighted by atomic mass is 10.2. The number of esters is 1. The number of hydrogen-bond acceptors (Lipinski definition) is 7. The van der Waals surface area contributed by atoms with Gasteiger partial charge in [-0.15, -0.1) is 0 Å². The fraction of sp³-hybridized carbons (Fsp3) is 0.833. The van der Waals surface area contributed by atoms with E-state index < -0.39 is 19.7 Å². The van der Waals surface area contributed by atoms with Crippen molar-refractivity contribution in [2.45, 2.75) is 39.2 Å². The summed E-state index contributed by atoms with van der Waals surface area (Å²) in [6.07, 6.45) is 0.713. The number of ether oxygens (including phenoxy) is 1. The summed E-state index contributed by atoms with van der Waals surface area (Å²) in [4.78, 5) is 22.7. The van der Waals surface area contributed by atoms with Crippen LogP contribution in [0.4, 0.5) is 0 Å². The number of carbonyl (C=O) groups excluding carboxylic acids is 2. The summed E-state index contributed by atoms with van der Waals surface area (Å²) in [6.45, 7) is 3.70. The maximum Gasteiger partial charge on any atom is 0.341 e. The molecular weight excluding hydrogens is 301 g/mol. The molecule has 1 saturated heterocycles. The first-order chi connectivity index (χ1) is 9.91. The van der Waals surface area contributed by atoms with Crippen LogP contribution in [0, 0.1) is 0 Å². The van der Waals surface area contributed by atoms with Crippen LogP contribution in [0.25, 0.3) is 0 Å². The van der Waals surface area contributed by atoms with Crippen molar-refractivity contribution >= 4 is 19.5 Å². The van der Waals surface area contributed by atoms with Crippen LogP contribution in [-0.4, -0.2) is 54.2 Å². The first-order valence-corrected chi connectivity index (χ1v) is 8.69. The predicted octanol–water partition coefficient (Wildman–Crippen LogP) is 1.57. The molecule has 1 unspecified atom stereocenters. The number of amides is 1. The van der Waals surface area contributed by atoms with Gasteiger partial charge in [0.25, 0.3) is 0 Å². The zero-order chi connectivity index (χ0) is 15.9. The van der Waals surface area contributed by atoms with Gasteiger partial charge in [-0.2, -0.15) is 0 Å². The van der Waals surface area contributed by atoms with Crippen molar-refractivity contribution in [1.82, 2.24) is 5.06 Å². The Kier molecular flexibility index (Phi) is 7.31. The Morgan fingerprint density at radius 1 is 1.38 bits per heavy atom. The molecule has 0 bridgehead atoms. The zero-order valence-corrected chi connectivity index (χ0v) is 13.2. The highest BCUT2D eigenvalue weighted by Gasteiger charge is 2.31. The van der Waals surface area contributed by atoms with Crippen LogP contribution in [0.2, 0.25) is 0 Å². The second-order valence-corrected chi connectivity index (χ2v) is 6.60. The first-order valence-electron chi connectivity index (χ1n) is 6.96. The molecule has 1 heterocycles. The molecule has 0 aromatic rings. The first kappa shape index (κ1) is 18.1. The maximum absolute atomic E-state index is 12.1. The highest BCUT2D eigenvalue weighted by molar-refractivity contribution is 7.54. The van der Waals surface area contributed by atoms with Crippen molar-refractivity contribution in [2.75, 3.05) is 26.0 Å². The maximum atomic E-state index is 12.1. The van der Waals surface area contributed by atoms with E-state index in [1.54, 1.807) is 13.8 Å². The fourth-order valence-electron chi connectivity index (χ4n) is 2.03. The van der Waals surface area contributed by atoms with Crippen LogP contribution in [-0.2, 0) is 27.9 Å². The minimum absolute atomic E-state index is 0.0338. The lowest BCUT2D eigenvalue weighted by Gasteiger charge is -2.18. The summed E-state index contributed by atoms with van der Waals surface area (Å²) in [5.41, 5.74) is 0. The number of nitrogens with zero attached hydrogens (tertiary/aromatic N) is 1. The Morgan fingerprint density at radius 3 is 2.48 bits per heavy atom. The van der Waals surface area contributed by atoms with Gasteiger partial charge in [0.1, 0.15) is 6.16 Å². The average Bonchev–Trinajstić information content (AvgIpc) is 2.71. The third-order valence-corrected chi connectivity index (χ3v) is 4.93. The number of carbonyl (C=O) groups is 2. The third-order valence-electron chi connectivity index (χ3n) is 2.98. The van der Waals surface area contributed by atoms with Crippen LogP contribution < -0.4 is 0 Å². The molecule has 21 heavy (non-hydrogen) atoms. The van der Waals surface area contributed by atoms with E-state index in [9.17, 15) is 19.4 Å². The number of hydroxylamine groups is 2. The second-order valence-electron chi connectivity index (χ2n) is 4.54. The van der Waals surface area contributed by atoms with E-state index >= 15 is 0 Å². The average molecular weight is 323 g/mol. The summed E-state index contributed by atoms with van der Waals surface area (Å²) < 4.78 is 27.0. The topological polar surface area (TPSA) is 102 Å². The summed E-state index contributed by atoms with van der Waals surface area (Å²) in [5.74, 6) is -1.02. The molecule has 0 aliphatic carbocycles. The minimum atomic E-state index is -3.45. The molecule has 1 atom stereocenters. The molecule has 0 saturated carbocycles. The SMILES string of the molecule is CCOP(=O)(CC(=O)OCCC1CCC(=O)N1O)OCC. The largest absolute Gasteiger partial charge is 0.465 e. The van der Waals surface area contributed by atoms with Crippen molar-refractivity contribution < 1.29 is 33.1 Å². The van der Waals surface area contributed by atoms with E-state index in [-0.39, 0.29) is 31.8 Å². The Morgan fingerprint density at radius 2 is 2.00 bits per heavy atom. The van der Waals surface area contributed by atoms with Crippen LogP contribution in [0.3, 0.4) is 0 Å². The molecule has 0 spiro atoms. The standard InChI is InChI=1S/C12H22NO7P/c1-3-19-21(17,20-4-2)9-12(15)18-8-7-10-5-6-11(14)13(10)16/h10,16H,3-9H2,1-2H3. The molecule has 0 aromatic carbocycles. The Labute approximate surface area is 123 Å². The van der Waals surface area contributed by atoms with Crippen LogP contribution in [0.5, 0.6) is 0 Å². The van der Waals surface area contributed by atoms with E-state index in [0.717, 1.165) is 0 Å². The van der Waals surface area contributed by atoms with Crippen LogP contribution >= 0.6 is 7.60 Å². The summed E-state index contributed by atoms with van der Waals surface area (Å²) >= 11 is 0. The second kappa shape index (κ2) is 8.48. The molecule has 1 aliphatic heterocycles. The van der Waals surface area contributed by atoms with Gasteiger partial charge in [-0.05, 0) is 20.3 Å². The summed E-state index contributed by atoms with van der Waals surface area (Å²) in [6, 6.07) is -0.337. The normalized spacial score (nSPS) is 19.1. The van der Waals surface area contributed by atoms with E-state index in [2.05, 4.69) is 0 Å². The molecule has 0 radical (unpaired) electrons. The van der Waals surface area contributed by atoms with Gasteiger partial charge in [0, 0.05) is 12.8 Å². The lowest BCUT2D eigenvalue weighted by Crippen LogP contribution is -2.30. The summed E-state index contributed by atoms with van der Waals surface area (Å²) in [7, 11) is -3.45. The highest BCUT2D eigenvalue weighted by atomic mass is 31.2. The van der Waals surface area contributed by atoms with Crippen LogP contribution in [0.1, 0.15) is 33.1 Å². The molecule has 1 aliphatic rings. The molecule has 1 N–H and O–H groups in total.